The van der Waals surface area contributed by atoms with Gasteiger partial charge < -0.3 is 4.74 Å². The number of aryl methyl sites for hydroxylation is 1. The minimum absolute atomic E-state index is 0.0372. The number of para-hydroxylation sites is 2. The fraction of sp³-hybridized carbons (Fsp3) is 0.222. The molecule has 0 saturated carbocycles. The maximum absolute atomic E-state index is 13.0. The van der Waals surface area contributed by atoms with Crippen molar-refractivity contribution in [2.75, 3.05) is 19.5 Å². The van der Waals surface area contributed by atoms with Crippen molar-refractivity contribution in [3.05, 3.63) is 64.4 Å². The number of benzene rings is 2. The molecule has 1 aromatic heterocycles. The lowest BCUT2D eigenvalue weighted by Gasteiger charge is -2.14. The van der Waals surface area contributed by atoms with Gasteiger partial charge in [0.25, 0.3) is 5.56 Å². The summed E-state index contributed by atoms with van der Waals surface area (Å²) in [6.45, 7) is 2.61. The number of rotatable bonds is 5. The van der Waals surface area contributed by atoms with Gasteiger partial charge in [-0.25, -0.2) is 4.98 Å². The molecule has 3 aromatic rings. The fourth-order valence-corrected chi connectivity index (χ4v) is 3.36. The van der Waals surface area contributed by atoms with Crippen LogP contribution in [0.25, 0.3) is 16.6 Å². The van der Waals surface area contributed by atoms with Crippen LogP contribution >= 0.6 is 11.8 Å². The van der Waals surface area contributed by atoms with E-state index in [0.717, 1.165) is 22.5 Å². The molecule has 0 radical (unpaired) electrons. The van der Waals surface area contributed by atoms with E-state index in [1.54, 1.807) is 11.7 Å². The van der Waals surface area contributed by atoms with Crippen molar-refractivity contribution < 1.29 is 4.74 Å². The molecule has 0 aliphatic carbocycles. The van der Waals surface area contributed by atoms with Gasteiger partial charge in [-0.2, -0.15) is 0 Å². The van der Waals surface area contributed by atoms with E-state index >= 15 is 0 Å². The van der Waals surface area contributed by atoms with Crippen molar-refractivity contribution in [1.29, 1.82) is 0 Å². The van der Waals surface area contributed by atoms with Gasteiger partial charge in [0.15, 0.2) is 5.16 Å². The number of hydrogen-bond donors (Lipinski definition) is 0. The second kappa shape index (κ2) is 6.98. The maximum atomic E-state index is 13.0. The first-order valence-corrected chi connectivity index (χ1v) is 8.40. The first-order valence-electron chi connectivity index (χ1n) is 7.42. The number of nitrogens with zero attached hydrogens (tertiary/aromatic N) is 2. The van der Waals surface area contributed by atoms with Crippen LogP contribution in [-0.4, -0.2) is 29.0 Å². The molecule has 0 bridgehead atoms. The SMILES string of the molecule is COCCSc1nc2ccccc2c(=O)n1-c1ccccc1C. The van der Waals surface area contributed by atoms with Crippen molar-refractivity contribution in [2.24, 2.45) is 0 Å². The summed E-state index contributed by atoms with van der Waals surface area (Å²) in [5.41, 5.74) is 2.60. The number of aromatic nitrogens is 2. The highest BCUT2D eigenvalue weighted by atomic mass is 32.2. The van der Waals surface area contributed by atoms with Gasteiger partial charge in [-0.3, -0.25) is 9.36 Å². The Labute approximate surface area is 139 Å². The fourth-order valence-electron chi connectivity index (χ4n) is 2.45. The van der Waals surface area contributed by atoms with Gasteiger partial charge in [-0.1, -0.05) is 42.1 Å². The Balaban J connectivity index is 2.24. The van der Waals surface area contributed by atoms with E-state index in [1.807, 2.05) is 55.5 Å². The summed E-state index contributed by atoms with van der Waals surface area (Å²) >= 11 is 1.53. The Hall–Kier alpha value is -2.11. The molecule has 0 saturated heterocycles. The standard InChI is InChI=1S/C18H18N2O2S/c1-13-7-3-6-10-16(13)20-17(21)14-8-4-5-9-15(14)19-18(20)23-12-11-22-2/h3-10H,11-12H2,1-2H3. The molecule has 0 spiro atoms. The maximum Gasteiger partial charge on any atom is 0.266 e. The zero-order chi connectivity index (χ0) is 16.2. The van der Waals surface area contributed by atoms with E-state index in [-0.39, 0.29) is 5.56 Å². The lowest BCUT2D eigenvalue weighted by molar-refractivity contribution is 0.218. The van der Waals surface area contributed by atoms with Gasteiger partial charge in [-0.15, -0.1) is 0 Å². The average molecular weight is 326 g/mol. The third kappa shape index (κ3) is 3.16. The van der Waals surface area contributed by atoms with Crippen LogP contribution in [0.1, 0.15) is 5.56 Å². The zero-order valence-electron chi connectivity index (χ0n) is 13.2. The van der Waals surface area contributed by atoms with Crippen LogP contribution in [-0.2, 0) is 4.74 Å². The largest absolute Gasteiger partial charge is 0.384 e. The molecular formula is C18H18N2O2S. The first-order chi connectivity index (χ1) is 11.2. The van der Waals surface area contributed by atoms with Gasteiger partial charge in [-0.05, 0) is 30.7 Å². The smallest absolute Gasteiger partial charge is 0.266 e. The van der Waals surface area contributed by atoms with E-state index < -0.39 is 0 Å². The van der Waals surface area contributed by atoms with Gasteiger partial charge >= 0.3 is 0 Å². The topological polar surface area (TPSA) is 44.1 Å². The lowest BCUT2D eigenvalue weighted by atomic mass is 10.2. The highest BCUT2D eigenvalue weighted by molar-refractivity contribution is 7.99. The van der Waals surface area contributed by atoms with E-state index in [2.05, 4.69) is 0 Å². The van der Waals surface area contributed by atoms with Crippen molar-refractivity contribution in [1.82, 2.24) is 9.55 Å². The number of methoxy groups -OCH3 is 1. The lowest BCUT2D eigenvalue weighted by Crippen LogP contribution is -2.22. The summed E-state index contributed by atoms with van der Waals surface area (Å²) in [7, 11) is 1.67. The molecule has 0 atom stereocenters. The van der Waals surface area contributed by atoms with Gasteiger partial charge in [0.05, 0.1) is 23.2 Å². The Morgan fingerprint density at radius 1 is 1.13 bits per heavy atom. The molecule has 23 heavy (non-hydrogen) atoms. The Bertz CT molecular complexity index is 890. The van der Waals surface area contributed by atoms with Crippen LogP contribution in [0.2, 0.25) is 0 Å². The summed E-state index contributed by atoms with van der Waals surface area (Å²) in [5.74, 6) is 0.743. The highest BCUT2D eigenvalue weighted by Crippen LogP contribution is 2.22. The Morgan fingerprint density at radius 2 is 1.87 bits per heavy atom. The van der Waals surface area contributed by atoms with E-state index in [1.165, 1.54) is 11.8 Å². The van der Waals surface area contributed by atoms with Crippen LogP contribution in [0, 0.1) is 6.92 Å². The van der Waals surface area contributed by atoms with Gasteiger partial charge in [0.2, 0.25) is 0 Å². The molecule has 2 aromatic carbocycles. The van der Waals surface area contributed by atoms with Crippen molar-refractivity contribution in [3.63, 3.8) is 0 Å². The molecule has 3 rings (SSSR count). The molecule has 1 heterocycles. The molecule has 0 aliphatic rings. The number of fused-ring (bicyclic) bond motifs is 1. The quantitative estimate of drug-likeness (QED) is 0.409. The van der Waals surface area contributed by atoms with Crippen LogP contribution < -0.4 is 5.56 Å². The number of thioether (sulfide) groups is 1. The van der Waals surface area contributed by atoms with Gasteiger partial charge in [0.1, 0.15) is 0 Å². The van der Waals surface area contributed by atoms with Crippen LogP contribution in [0.15, 0.2) is 58.5 Å². The van der Waals surface area contributed by atoms with Crippen LogP contribution in [0.3, 0.4) is 0 Å². The van der Waals surface area contributed by atoms with Crippen LogP contribution in [0.5, 0.6) is 0 Å². The van der Waals surface area contributed by atoms with Crippen molar-refractivity contribution >= 4 is 22.7 Å². The second-order valence-corrected chi connectivity index (χ2v) is 6.24. The van der Waals surface area contributed by atoms with Crippen molar-refractivity contribution in [3.8, 4) is 5.69 Å². The molecular weight excluding hydrogens is 308 g/mol. The van der Waals surface area contributed by atoms with E-state index in [0.29, 0.717) is 17.1 Å². The van der Waals surface area contributed by atoms with E-state index in [9.17, 15) is 4.79 Å². The number of hydrogen-bond acceptors (Lipinski definition) is 4. The minimum atomic E-state index is -0.0372. The monoisotopic (exact) mass is 326 g/mol. The molecule has 118 valence electrons. The van der Waals surface area contributed by atoms with Gasteiger partial charge in [0, 0.05) is 12.9 Å². The second-order valence-electron chi connectivity index (χ2n) is 5.18. The molecule has 0 amide bonds. The molecule has 5 heteroatoms. The summed E-state index contributed by atoms with van der Waals surface area (Å²) in [6, 6.07) is 15.3. The third-order valence-corrected chi connectivity index (χ3v) is 4.52. The normalized spacial score (nSPS) is 11.0. The minimum Gasteiger partial charge on any atom is -0.384 e. The summed E-state index contributed by atoms with van der Waals surface area (Å²) in [6.07, 6.45) is 0. The molecule has 4 nitrogen and oxygen atoms in total. The van der Waals surface area contributed by atoms with Crippen LogP contribution in [0.4, 0.5) is 0 Å². The predicted molar refractivity (Wildman–Crippen MR) is 94.7 cm³/mol. The van der Waals surface area contributed by atoms with E-state index in [4.69, 9.17) is 9.72 Å². The highest BCUT2D eigenvalue weighted by Gasteiger charge is 2.14. The Morgan fingerprint density at radius 3 is 2.65 bits per heavy atom. The molecule has 0 N–H and O–H groups in total. The summed E-state index contributed by atoms with van der Waals surface area (Å²) < 4.78 is 6.82. The number of ether oxygens (including phenoxy) is 1. The zero-order valence-corrected chi connectivity index (χ0v) is 14.0. The average Bonchev–Trinajstić information content (AvgIpc) is 2.57. The summed E-state index contributed by atoms with van der Waals surface area (Å²) in [4.78, 5) is 17.7. The van der Waals surface area contributed by atoms with Crippen molar-refractivity contribution in [2.45, 2.75) is 12.1 Å². The Kier molecular flexibility index (Phi) is 4.79. The molecule has 0 fully saturated rings. The first kappa shape index (κ1) is 15.8. The predicted octanol–water partition coefficient (Wildman–Crippen LogP) is 3.43. The molecule has 0 aliphatic heterocycles. The summed E-state index contributed by atoms with van der Waals surface area (Å²) in [5, 5.41) is 1.33. The molecule has 0 unspecified atom stereocenters. The third-order valence-electron chi connectivity index (χ3n) is 3.62.